The second-order valence-corrected chi connectivity index (χ2v) is 5.29. The minimum absolute atomic E-state index is 0.240. The Bertz CT molecular complexity index is 873. The molecule has 0 aliphatic carbocycles. The van der Waals surface area contributed by atoms with Crippen LogP contribution in [0.2, 0.25) is 0 Å². The van der Waals surface area contributed by atoms with Crippen LogP contribution in [0.25, 0.3) is 0 Å². The summed E-state index contributed by atoms with van der Waals surface area (Å²) in [7, 11) is 0. The van der Waals surface area contributed by atoms with Crippen LogP contribution in [0.4, 0.5) is 18.9 Å². The molecule has 3 aromatic rings. The predicted molar refractivity (Wildman–Crippen MR) is 91.7 cm³/mol. The average molecular weight is 341 g/mol. The van der Waals surface area contributed by atoms with E-state index in [1.54, 1.807) is 24.3 Å². The van der Waals surface area contributed by atoms with Crippen LogP contribution >= 0.6 is 0 Å². The summed E-state index contributed by atoms with van der Waals surface area (Å²) in [5.41, 5.74) is 0.248. The van der Waals surface area contributed by atoms with Gasteiger partial charge < -0.3 is 4.74 Å². The number of hydrogen-bond acceptors (Lipinski definition) is 2. The molecule has 0 radical (unpaired) electrons. The van der Waals surface area contributed by atoms with Crippen LogP contribution in [0.1, 0.15) is 11.1 Å². The van der Waals surface area contributed by atoms with Crippen molar-refractivity contribution in [3.63, 3.8) is 0 Å². The van der Waals surface area contributed by atoms with Gasteiger partial charge in [-0.2, -0.15) is 13.2 Å². The molecule has 0 bridgehead atoms. The number of para-hydroxylation sites is 1. The highest BCUT2D eigenvalue weighted by Crippen LogP contribution is 2.31. The molecule has 3 rings (SSSR count). The molecule has 0 atom stereocenters. The normalized spacial score (nSPS) is 11.6. The number of hydrogen-bond donors (Lipinski definition) is 0. The summed E-state index contributed by atoms with van der Waals surface area (Å²) in [6.45, 7) is 0. The Labute approximate surface area is 143 Å². The number of ether oxygens (including phenoxy) is 1. The molecule has 0 spiro atoms. The van der Waals surface area contributed by atoms with Crippen LogP contribution in [-0.4, -0.2) is 6.21 Å². The second kappa shape index (κ2) is 7.21. The Morgan fingerprint density at radius 3 is 2.24 bits per heavy atom. The van der Waals surface area contributed by atoms with Gasteiger partial charge in [0.1, 0.15) is 11.5 Å². The van der Waals surface area contributed by atoms with Crippen LogP contribution < -0.4 is 4.74 Å². The Morgan fingerprint density at radius 1 is 0.760 bits per heavy atom. The van der Waals surface area contributed by atoms with Gasteiger partial charge in [-0.1, -0.05) is 36.4 Å². The third kappa shape index (κ3) is 4.70. The van der Waals surface area contributed by atoms with Crippen molar-refractivity contribution in [2.45, 2.75) is 6.18 Å². The van der Waals surface area contributed by atoms with E-state index >= 15 is 0 Å². The smallest absolute Gasteiger partial charge is 0.416 e. The van der Waals surface area contributed by atoms with Gasteiger partial charge in [-0.25, -0.2) is 0 Å². The first-order chi connectivity index (χ1) is 12.0. The Balaban J connectivity index is 1.77. The van der Waals surface area contributed by atoms with Crippen molar-refractivity contribution in [2.24, 2.45) is 4.99 Å². The number of nitrogens with zero attached hydrogens (tertiary/aromatic N) is 1. The van der Waals surface area contributed by atoms with E-state index in [1.165, 1.54) is 18.3 Å². The molecule has 3 aromatic carbocycles. The zero-order valence-corrected chi connectivity index (χ0v) is 13.1. The van der Waals surface area contributed by atoms with Crippen molar-refractivity contribution >= 4 is 11.9 Å². The maximum atomic E-state index is 12.7. The zero-order valence-electron chi connectivity index (χ0n) is 13.1. The van der Waals surface area contributed by atoms with Crippen LogP contribution in [0.15, 0.2) is 83.9 Å². The quantitative estimate of drug-likeness (QED) is 0.514. The molecule has 0 unspecified atom stereocenters. The fourth-order valence-electron chi connectivity index (χ4n) is 2.19. The van der Waals surface area contributed by atoms with Gasteiger partial charge >= 0.3 is 6.18 Å². The van der Waals surface area contributed by atoms with Crippen LogP contribution in [0.5, 0.6) is 11.5 Å². The van der Waals surface area contributed by atoms with E-state index in [0.29, 0.717) is 11.5 Å². The first-order valence-corrected chi connectivity index (χ1v) is 7.55. The molecule has 0 saturated heterocycles. The molecule has 0 aliphatic heterocycles. The molecule has 2 nitrogen and oxygen atoms in total. The molecule has 0 saturated carbocycles. The number of rotatable bonds is 4. The predicted octanol–water partition coefficient (Wildman–Crippen LogP) is 6.25. The first-order valence-electron chi connectivity index (χ1n) is 7.55. The van der Waals surface area contributed by atoms with Gasteiger partial charge in [0.2, 0.25) is 0 Å². The van der Waals surface area contributed by atoms with Gasteiger partial charge in [0.05, 0.1) is 11.3 Å². The van der Waals surface area contributed by atoms with E-state index in [9.17, 15) is 13.2 Å². The van der Waals surface area contributed by atoms with Crippen LogP contribution in [0.3, 0.4) is 0 Å². The second-order valence-electron chi connectivity index (χ2n) is 5.29. The van der Waals surface area contributed by atoms with Crippen LogP contribution in [0, 0.1) is 0 Å². The maximum absolute atomic E-state index is 12.7. The number of alkyl halides is 3. The van der Waals surface area contributed by atoms with E-state index in [4.69, 9.17) is 4.74 Å². The minimum Gasteiger partial charge on any atom is -0.457 e. The van der Waals surface area contributed by atoms with E-state index in [-0.39, 0.29) is 5.69 Å². The lowest BCUT2D eigenvalue weighted by Gasteiger charge is -2.07. The highest BCUT2D eigenvalue weighted by atomic mass is 19.4. The Morgan fingerprint density at radius 2 is 1.48 bits per heavy atom. The minimum atomic E-state index is -4.38. The van der Waals surface area contributed by atoms with Crippen molar-refractivity contribution in [3.8, 4) is 11.5 Å². The lowest BCUT2D eigenvalue weighted by atomic mass is 10.2. The van der Waals surface area contributed by atoms with Gasteiger partial charge in [0.15, 0.2) is 0 Å². The average Bonchev–Trinajstić information content (AvgIpc) is 2.61. The van der Waals surface area contributed by atoms with Gasteiger partial charge in [0, 0.05) is 6.21 Å². The van der Waals surface area contributed by atoms with Crippen molar-refractivity contribution in [2.75, 3.05) is 0 Å². The fourth-order valence-corrected chi connectivity index (χ4v) is 2.19. The molecule has 0 aromatic heterocycles. The van der Waals surface area contributed by atoms with E-state index in [0.717, 1.165) is 17.7 Å². The third-order valence-electron chi connectivity index (χ3n) is 3.37. The summed E-state index contributed by atoms with van der Waals surface area (Å²) in [5, 5.41) is 0. The zero-order chi connectivity index (χ0) is 17.7. The summed E-state index contributed by atoms with van der Waals surface area (Å²) in [6, 6.07) is 21.4. The molecule has 0 amide bonds. The molecule has 0 fully saturated rings. The lowest BCUT2D eigenvalue weighted by molar-refractivity contribution is -0.137. The van der Waals surface area contributed by atoms with Gasteiger partial charge in [-0.15, -0.1) is 0 Å². The molecule has 5 heteroatoms. The fraction of sp³-hybridized carbons (Fsp3) is 0.0500. The van der Waals surface area contributed by atoms with E-state index < -0.39 is 11.7 Å². The van der Waals surface area contributed by atoms with E-state index in [1.807, 2.05) is 30.3 Å². The van der Waals surface area contributed by atoms with Crippen LogP contribution in [-0.2, 0) is 6.18 Å². The monoisotopic (exact) mass is 341 g/mol. The standard InChI is InChI=1S/C20H14F3NO/c21-20(22,23)16-7-5-8-17(13-16)24-14-15-6-4-11-19(12-15)25-18-9-2-1-3-10-18/h1-14H. The summed E-state index contributed by atoms with van der Waals surface area (Å²) < 4.78 is 43.9. The SMILES string of the molecule is FC(F)(F)c1cccc(N=Cc2cccc(Oc3ccccc3)c2)c1. The first kappa shape index (κ1) is 16.8. The summed E-state index contributed by atoms with van der Waals surface area (Å²) in [5.74, 6) is 1.33. The third-order valence-corrected chi connectivity index (χ3v) is 3.37. The lowest BCUT2D eigenvalue weighted by Crippen LogP contribution is -2.03. The largest absolute Gasteiger partial charge is 0.457 e. The van der Waals surface area contributed by atoms with Crippen molar-refractivity contribution in [1.29, 1.82) is 0 Å². The number of halogens is 3. The van der Waals surface area contributed by atoms with Gasteiger partial charge in [0.25, 0.3) is 0 Å². The highest BCUT2D eigenvalue weighted by Gasteiger charge is 2.30. The van der Waals surface area contributed by atoms with Crippen molar-refractivity contribution in [3.05, 3.63) is 90.0 Å². The number of benzene rings is 3. The summed E-state index contributed by atoms with van der Waals surface area (Å²) >= 11 is 0. The molecular weight excluding hydrogens is 327 g/mol. The molecule has 0 N–H and O–H groups in total. The van der Waals surface area contributed by atoms with Gasteiger partial charge in [-0.05, 0) is 48.0 Å². The topological polar surface area (TPSA) is 21.6 Å². The van der Waals surface area contributed by atoms with Crippen molar-refractivity contribution in [1.82, 2.24) is 0 Å². The van der Waals surface area contributed by atoms with Crippen molar-refractivity contribution < 1.29 is 17.9 Å². The summed E-state index contributed by atoms with van der Waals surface area (Å²) in [6.07, 6.45) is -2.87. The number of aliphatic imine (C=N–C) groups is 1. The van der Waals surface area contributed by atoms with E-state index in [2.05, 4.69) is 4.99 Å². The highest BCUT2D eigenvalue weighted by molar-refractivity contribution is 5.82. The molecule has 25 heavy (non-hydrogen) atoms. The summed E-state index contributed by atoms with van der Waals surface area (Å²) in [4.78, 5) is 4.12. The van der Waals surface area contributed by atoms with Gasteiger partial charge in [-0.3, -0.25) is 4.99 Å². The Kier molecular flexibility index (Phi) is 4.84. The maximum Gasteiger partial charge on any atom is 0.416 e. The molecule has 0 aliphatic rings. The molecular formula is C20H14F3NO. The molecule has 126 valence electrons. The Hall–Kier alpha value is -3.08. The molecule has 0 heterocycles.